The molecule has 0 spiro atoms. The van der Waals surface area contributed by atoms with Crippen molar-refractivity contribution in [3.05, 3.63) is 22.9 Å². The molecule has 17 heavy (non-hydrogen) atoms. The van der Waals surface area contributed by atoms with Crippen LogP contribution in [0.3, 0.4) is 0 Å². The van der Waals surface area contributed by atoms with Crippen LogP contribution in [0.1, 0.15) is 37.6 Å². The van der Waals surface area contributed by atoms with Gasteiger partial charge in [0, 0.05) is 16.7 Å². The quantitative estimate of drug-likeness (QED) is 0.876. The number of halogens is 3. The van der Waals surface area contributed by atoms with Crippen LogP contribution in [0.4, 0.5) is 19.0 Å². The van der Waals surface area contributed by atoms with E-state index in [2.05, 4.69) is 10.3 Å². The molecule has 1 aromatic rings. The third-order valence-electron chi connectivity index (χ3n) is 2.18. The number of aromatic nitrogens is 1. The first-order valence-corrected chi connectivity index (χ1v) is 5.39. The van der Waals surface area contributed by atoms with Gasteiger partial charge in [0.15, 0.2) is 0 Å². The second-order valence-corrected chi connectivity index (χ2v) is 4.88. The molecule has 1 N–H and O–H groups in total. The third kappa shape index (κ3) is 3.61. The molecule has 0 aromatic carbocycles. The van der Waals surface area contributed by atoms with Crippen molar-refractivity contribution in [1.82, 2.24) is 4.98 Å². The molecule has 0 unspecified atom stereocenters. The molecule has 1 heterocycles. The summed E-state index contributed by atoms with van der Waals surface area (Å²) in [5.41, 5.74) is 0.0719. The van der Waals surface area contributed by atoms with E-state index in [4.69, 9.17) is 0 Å². The highest BCUT2D eigenvalue weighted by molar-refractivity contribution is 5.48. The van der Waals surface area contributed by atoms with Crippen molar-refractivity contribution >= 4 is 5.82 Å². The first-order valence-electron chi connectivity index (χ1n) is 5.39. The molecule has 2 nitrogen and oxygen atoms in total. The van der Waals surface area contributed by atoms with Gasteiger partial charge in [-0.15, -0.1) is 0 Å². The minimum Gasteiger partial charge on any atom is -0.365 e. The Morgan fingerprint density at radius 2 is 1.65 bits per heavy atom. The zero-order chi connectivity index (χ0) is 13.1. The van der Waals surface area contributed by atoms with E-state index in [0.717, 1.165) is 0 Å². The number of rotatable bonds is 4. The van der Waals surface area contributed by atoms with Gasteiger partial charge < -0.3 is 5.32 Å². The number of hydrogen-bond acceptors (Lipinski definition) is 2. The SMILES string of the molecule is CC(C)(C)Nc1nc(CF)c(CF)cc1CF. The van der Waals surface area contributed by atoms with Gasteiger partial charge in [-0.3, -0.25) is 0 Å². The Balaban J connectivity index is 3.19. The molecule has 0 radical (unpaired) electrons. The number of pyridine rings is 1. The number of nitrogens with zero attached hydrogens (tertiary/aromatic N) is 1. The Morgan fingerprint density at radius 1 is 1.06 bits per heavy atom. The van der Waals surface area contributed by atoms with Gasteiger partial charge >= 0.3 is 0 Å². The second kappa shape index (κ2) is 5.38. The summed E-state index contributed by atoms with van der Waals surface area (Å²) >= 11 is 0. The summed E-state index contributed by atoms with van der Waals surface area (Å²) in [6.07, 6.45) is 0. The second-order valence-electron chi connectivity index (χ2n) is 4.88. The molecule has 0 aliphatic rings. The van der Waals surface area contributed by atoms with Crippen molar-refractivity contribution < 1.29 is 13.2 Å². The standard InChI is InChI=1S/C12H17F3N2/c1-12(2,3)17-11-9(6-14)4-8(5-13)10(7-15)16-11/h4H,5-7H2,1-3H3,(H,16,17). The first-order chi connectivity index (χ1) is 7.91. The molecule has 0 amide bonds. The Kier molecular flexibility index (Phi) is 4.37. The Morgan fingerprint density at radius 3 is 2.06 bits per heavy atom. The van der Waals surface area contributed by atoms with Crippen LogP contribution in [-0.2, 0) is 20.0 Å². The van der Waals surface area contributed by atoms with E-state index in [0.29, 0.717) is 0 Å². The molecule has 0 saturated heterocycles. The molecule has 0 aliphatic carbocycles. The van der Waals surface area contributed by atoms with Crippen LogP contribution in [0.15, 0.2) is 6.07 Å². The van der Waals surface area contributed by atoms with Crippen molar-refractivity contribution in [3.63, 3.8) is 0 Å². The molecule has 0 saturated carbocycles. The van der Waals surface area contributed by atoms with Crippen molar-refractivity contribution in [2.45, 2.75) is 46.3 Å². The summed E-state index contributed by atoms with van der Waals surface area (Å²) in [6, 6.07) is 1.33. The first kappa shape index (κ1) is 13.8. The van der Waals surface area contributed by atoms with Crippen LogP contribution in [-0.4, -0.2) is 10.5 Å². The molecule has 0 bridgehead atoms. The van der Waals surface area contributed by atoms with Crippen molar-refractivity contribution in [1.29, 1.82) is 0 Å². The molecule has 5 heteroatoms. The third-order valence-corrected chi connectivity index (χ3v) is 2.18. The van der Waals surface area contributed by atoms with E-state index >= 15 is 0 Å². The van der Waals surface area contributed by atoms with Crippen molar-refractivity contribution in [2.75, 3.05) is 5.32 Å². The fourth-order valence-corrected chi connectivity index (χ4v) is 1.44. The summed E-state index contributed by atoms with van der Waals surface area (Å²) in [4.78, 5) is 3.95. The summed E-state index contributed by atoms with van der Waals surface area (Å²) < 4.78 is 38.1. The number of hydrogen-bond donors (Lipinski definition) is 1. The van der Waals surface area contributed by atoms with Gasteiger partial charge in [-0.25, -0.2) is 18.2 Å². The fourth-order valence-electron chi connectivity index (χ4n) is 1.44. The van der Waals surface area contributed by atoms with E-state index in [1.54, 1.807) is 0 Å². The Hall–Kier alpha value is -1.26. The predicted molar refractivity (Wildman–Crippen MR) is 62.0 cm³/mol. The van der Waals surface area contributed by atoms with E-state index < -0.39 is 20.0 Å². The number of nitrogens with one attached hydrogen (secondary N) is 1. The lowest BCUT2D eigenvalue weighted by atomic mass is 10.1. The van der Waals surface area contributed by atoms with Gasteiger partial charge in [0.1, 0.15) is 25.8 Å². The molecule has 0 aliphatic heterocycles. The molecule has 0 fully saturated rings. The van der Waals surface area contributed by atoms with Crippen LogP contribution in [0.2, 0.25) is 0 Å². The highest BCUT2D eigenvalue weighted by Gasteiger charge is 2.16. The summed E-state index contributed by atoms with van der Waals surface area (Å²) in [5.74, 6) is 0.282. The van der Waals surface area contributed by atoms with Crippen LogP contribution in [0.25, 0.3) is 0 Å². The van der Waals surface area contributed by atoms with Crippen LogP contribution in [0.5, 0.6) is 0 Å². The number of anilines is 1. The lowest BCUT2D eigenvalue weighted by Gasteiger charge is -2.23. The maximum absolute atomic E-state index is 12.8. The van der Waals surface area contributed by atoms with Gasteiger partial charge in [-0.05, 0) is 26.8 Å². The van der Waals surface area contributed by atoms with Crippen molar-refractivity contribution in [3.8, 4) is 0 Å². The number of alkyl halides is 3. The van der Waals surface area contributed by atoms with Gasteiger partial charge in [0.25, 0.3) is 0 Å². The van der Waals surface area contributed by atoms with Gasteiger partial charge in [-0.2, -0.15) is 0 Å². The molecular weight excluding hydrogens is 229 g/mol. The zero-order valence-corrected chi connectivity index (χ0v) is 10.3. The van der Waals surface area contributed by atoms with Crippen LogP contribution >= 0.6 is 0 Å². The Bertz CT molecular complexity index is 386. The highest BCUT2D eigenvalue weighted by atomic mass is 19.1. The molecule has 96 valence electrons. The average molecular weight is 246 g/mol. The van der Waals surface area contributed by atoms with Crippen molar-refractivity contribution in [2.24, 2.45) is 0 Å². The van der Waals surface area contributed by atoms with Gasteiger partial charge in [-0.1, -0.05) is 0 Å². The van der Waals surface area contributed by atoms with E-state index in [-0.39, 0.29) is 28.2 Å². The maximum atomic E-state index is 12.8. The smallest absolute Gasteiger partial charge is 0.132 e. The summed E-state index contributed by atoms with van der Waals surface area (Å²) in [6.45, 7) is 3.20. The normalized spacial score (nSPS) is 11.6. The fraction of sp³-hybridized carbons (Fsp3) is 0.583. The van der Waals surface area contributed by atoms with E-state index in [1.165, 1.54) is 6.07 Å². The monoisotopic (exact) mass is 246 g/mol. The Labute approximate surface area is 99.3 Å². The van der Waals surface area contributed by atoms with Gasteiger partial charge in [0.05, 0.1) is 5.69 Å². The lowest BCUT2D eigenvalue weighted by molar-refractivity contribution is 0.442. The largest absolute Gasteiger partial charge is 0.365 e. The molecular formula is C12H17F3N2. The zero-order valence-electron chi connectivity index (χ0n) is 10.3. The highest BCUT2D eigenvalue weighted by Crippen LogP contribution is 2.23. The van der Waals surface area contributed by atoms with E-state index in [1.807, 2.05) is 20.8 Å². The van der Waals surface area contributed by atoms with Crippen LogP contribution < -0.4 is 5.32 Å². The average Bonchev–Trinajstić information content (AvgIpc) is 2.26. The van der Waals surface area contributed by atoms with Crippen LogP contribution in [0, 0.1) is 0 Å². The lowest BCUT2D eigenvalue weighted by Crippen LogP contribution is -2.27. The maximum Gasteiger partial charge on any atom is 0.132 e. The minimum atomic E-state index is -0.857. The summed E-state index contributed by atoms with van der Waals surface area (Å²) in [7, 11) is 0. The van der Waals surface area contributed by atoms with E-state index in [9.17, 15) is 13.2 Å². The minimum absolute atomic E-state index is 0.0245. The van der Waals surface area contributed by atoms with Gasteiger partial charge in [0.2, 0.25) is 0 Å². The molecule has 1 aromatic heterocycles. The predicted octanol–water partition coefficient (Wildman–Crippen LogP) is 3.70. The topological polar surface area (TPSA) is 24.9 Å². The molecule has 1 rings (SSSR count). The molecule has 0 atom stereocenters. The summed E-state index contributed by atoms with van der Waals surface area (Å²) in [5, 5.41) is 2.99.